The summed E-state index contributed by atoms with van der Waals surface area (Å²) in [5.74, 6) is -1.14. The van der Waals surface area contributed by atoms with Crippen LogP contribution in [0.2, 0.25) is 5.02 Å². The molecule has 2 N–H and O–H groups in total. The molecule has 0 radical (unpaired) electrons. The molecule has 2 aromatic heterocycles. The van der Waals surface area contributed by atoms with Gasteiger partial charge in [-0.2, -0.15) is 0 Å². The molecule has 0 spiro atoms. The lowest BCUT2D eigenvalue weighted by molar-refractivity contribution is -0.116. The van der Waals surface area contributed by atoms with Crippen molar-refractivity contribution >= 4 is 62.3 Å². The lowest BCUT2D eigenvalue weighted by atomic mass is 9.96. The summed E-state index contributed by atoms with van der Waals surface area (Å²) in [5.41, 5.74) is 2.39. The number of carbonyl (C=O) groups excluding carboxylic acids is 3. The SMILES string of the molecule is CCOC(=O)c1c(NC(C)=O)c2c3c(sc2n1CC(=O)Nc1ccc(Cl)cc1)CCCC3. The second-order valence-corrected chi connectivity index (χ2v) is 9.18. The monoisotopic (exact) mass is 473 g/mol. The maximum atomic E-state index is 12.9. The minimum Gasteiger partial charge on any atom is -0.461 e. The van der Waals surface area contributed by atoms with Gasteiger partial charge < -0.3 is 19.9 Å². The first-order chi connectivity index (χ1) is 15.4. The molecule has 4 rings (SSSR count). The Morgan fingerprint density at radius 1 is 1.12 bits per heavy atom. The number of carbonyl (C=O) groups is 3. The van der Waals surface area contributed by atoms with E-state index in [0.717, 1.165) is 41.5 Å². The normalized spacial score (nSPS) is 13.0. The zero-order chi connectivity index (χ0) is 22.8. The van der Waals surface area contributed by atoms with Gasteiger partial charge in [-0.05, 0) is 62.4 Å². The van der Waals surface area contributed by atoms with Gasteiger partial charge in [0, 0.05) is 27.9 Å². The zero-order valence-corrected chi connectivity index (χ0v) is 19.5. The van der Waals surface area contributed by atoms with Crippen LogP contribution in [0.1, 0.15) is 47.6 Å². The number of nitrogens with zero attached hydrogens (tertiary/aromatic N) is 1. The molecule has 7 nitrogen and oxygen atoms in total. The van der Waals surface area contributed by atoms with Crippen LogP contribution in [-0.4, -0.2) is 29.0 Å². The lowest BCUT2D eigenvalue weighted by Gasteiger charge is -2.14. The number of halogens is 1. The smallest absolute Gasteiger partial charge is 0.357 e. The van der Waals surface area contributed by atoms with E-state index in [4.69, 9.17) is 16.3 Å². The molecule has 0 aliphatic heterocycles. The predicted molar refractivity (Wildman–Crippen MR) is 127 cm³/mol. The van der Waals surface area contributed by atoms with Crippen molar-refractivity contribution < 1.29 is 19.1 Å². The van der Waals surface area contributed by atoms with Gasteiger partial charge >= 0.3 is 5.97 Å². The Labute approximate surface area is 194 Å². The number of aromatic nitrogens is 1. The standard InChI is InChI=1S/C23H24ClN3O4S/c1-3-31-23(30)21-20(25-13(2)28)19-16-6-4-5-7-17(16)32-22(19)27(21)12-18(29)26-15-10-8-14(24)9-11-15/h8-11H,3-7,12H2,1-2H3,(H,25,28)(H,26,29). The van der Waals surface area contributed by atoms with Gasteiger partial charge in [-0.3, -0.25) is 9.59 Å². The Morgan fingerprint density at radius 2 is 1.84 bits per heavy atom. The number of esters is 1. The number of rotatable bonds is 6. The van der Waals surface area contributed by atoms with Crippen molar-refractivity contribution in [3.63, 3.8) is 0 Å². The van der Waals surface area contributed by atoms with Gasteiger partial charge in [0.15, 0.2) is 5.69 Å². The van der Waals surface area contributed by atoms with E-state index in [-0.39, 0.29) is 30.7 Å². The maximum Gasteiger partial charge on any atom is 0.357 e. The molecule has 0 unspecified atom stereocenters. The van der Waals surface area contributed by atoms with Crippen LogP contribution in [0.25, 0.3) is 10.2 Å². The van der Waals surface area contributed by atoms with Gasteiger partial charge in [-0.25, -0.2) is 4.79 Å². The fraction of sp³-hybridized carbons (Fsp3) is 0.348. The van der Waals surface area contributed by atoms with Crippen LogP contribution in [0.5, 0.6) is 0 Å². The van der Waals surface area contributed by atoms with Crippen LogP contribution >= 0.6 is 22.9 Å². The predicted octanol–water partition coefficient (Wildman–Crippen LogP) is 5.01. The number of nitrogens with one attached hydrogen (secondary N) is 2. The summed E-state index contributed by atoms with van der Waals surface area (Å²) in [6, 6.07) is 6.81. The average molecular weight is 474 g/mol. The third kappa shape index (κ3) is 4.38. The largest absolute Gasteiger partial charge is 0.461 e. The van der Waals surface area contributed by atoms with Crippen molar-refractivity contribution in [2.75, 3.05) is 17.2 Å². The van der Waals surface area contributed by atoms with Crippen molar-refractivity contribution in [2.24, 2.45) is 0 Å². The van der Waals surface area contributed by atoms with E-state index in [2.05, 4.69) is 10.6 Å². The fourth-order valence-electron chi connectivity index (χ4n) is 4.09. The van der Waals surface area contributed by atoms with E-state index in [1.54, 1.807) is 47.1 Å². The third-order valence-electron chi connectivity index (χ3n) is 5.35. The van der Waals surface area contributed by atoms with Crippen molar-refractivity contribution in [3.05, 3.63) is 45.4 Å². The highest BCUT2D eigenvalue weighted by Gasteiger charge is 2.31. The molecule has 2 heterocycles. The number of thiophene rings is 1. The van der Waals surface area contributed by atoms with E-state index in [1.165, 1.54) is 11.8 Å². The van der Waals surface area contributed by atoms with Crippen LogP contribution in [-0.2, 0) is 33.7 Å². The first-order valence-electron chi connectivity index (χ1n) is 10.6. The Hall–Kier alpha value is -2.84. The minimum atomic E-state index is -0.566. The number of fused-ring (bicyclic) bond motifs is 3. The quantitative estimate of drug-likeness (QED) is 0.492. The molecule has 2 amide bonds. The summed E-state index contributed by atoms with van der Waals surface area (Å²) in [7, 11) is 0. The maximum absolute atomic E-state index is 12.9. The molecule has 1 aliphatic rings. The van der Waals surface area contributed by atoms with Crippen molar-refractivity contribution in [3.8, 4) is 0 Å². The highest BCUT2D eigenvalue weighted by Crippen LogP contribution is 2.44. The molecule has 1 aromatic carbocycles. The van der Waals surface area contributed by atoms with Gasteiger partial charge in [0.1, 0.15) is 11.4 Å². The molecule has 0 atom stereocenters. The minimum absolute atomic E-state index is 0.0910. The van der Waals surface area contributed by atoms with Gasteiger partial charge in [-0.1, -0.05) is 11.6 Å². The molecule has 3 aromatic rings. The highest BCUT2D eigenvalue weighted by molar-refractivity contribution is 7.19. The molecule has 0 saturated carbocycles. The molecule has 0 saturated heterocycles. The number of aryl methyl sites for hydroxylation is 2. The molecule has 9 heteroatoms. The van der Waals surface area contributed by atoms with Crippen molar-refractivity contribution in [1.29, 1.82) is 0 Å². The fourth-order valence-corrected chi connectivity index (χ4v) is 5.62. The van der Waals surface area contributed by atoms with Crippen LogP contribution in [0, 0.1) is 0 Å². The summed E-state index contributed by atoms with van der Waals surface area (Å²) in [6.45, 7) is 3.23. The van der Waals surface area contributed by atoms with Gasteiger partial charge in [0.05, 0.1) is 12.3 Å². The number of hydrogen-bond acceptors (Lipinski definition) is 5. The summed E-state index contributed by atoms with van der Waals surface area (Å²) in [5, 5.41) is 7.10. The molecular weight excluding hydrogens is 450 g/mol. The molecule has 168 valence electrons. The average Bonchev–Trinajstić information content (AvgIpc) is 3.25. The molecular formula is C23H24ClN3O4S. The lowest BCUT2D eigenvalue weighted by Crippen LogP contribution is -2.23. The van der Waals surface area contributed by atoms with E-state index < -0.39 is 5.97 Å². The zero-order valence-electron chi connectivity index (χ0n) is 17.9. The van der Waals surface area contributed by atoms with E-state index in [1.807, 2.05) is 0 Å². The van der Waals surface area contributed by atoms with Gasteiger partial charge in [0.2, 0.25) is 11.8 Å². The van der Waals surface area contributed by atoms with Crippen LogP contribution in [0.3, 0.4) is 0 Å². The summed E-state index contributed by atoms with van der Waals surface area (Å²) >= 11 is 7.50. The van der Waals surface area contributed by atoms with Crippen LogP contribution < -0.4 is 10.6 Å². The number of benzene rings is 1. The molecule has 0 fully saturated rings. The Bertz CT molecular complexity index is 1200. The Balaban J connectivity index is 1.81. The summed E-state index contributed by atoms with van der Waals surface area (Å²) < 4.78 is 6.97. The van der Waals surface area contributed by atoms with Crippen LogP contribution in [0.15, 0.2) is 24.3 Å². The molecule has 0 bridgehead atoms. The molecule has 1 aliphatic carbocycles. The first kappa shape index (κ1) is 22.4. The van der Waals surface area contributed by atoms with Gasteiger partial charge in [0.25, 0.3) is 0 Å². The first-order valence-corrected chi connectivity index (χ1v) is 11.7. The number of amides is 2. The number of hydrogen-bond donors (Lipinski definition) is 2. The molecule has 32 heavy (non-hydrogen) atoms. The Morgan fingerprint density at radius 3 is 2.53 bits per heavy atom. The highest BCUT2D eigenvalue weighted by atomic mass is 35.5. The van der Waals surface area contributed by atoms with Crippen molar-refractivity contribution in [2.45, 2.75) is 46.1 Å². The van der Waals surface area contributed by atoms with E-state index in [9.17, 15) is 14.4 Å². The number of anilines is 2. The topological polar surface area (TPSA) is 89.4 Å². The Kier molecular flexibility index (Phi) is 6.53. The summed E-state index contributed by atoms with van der Waals surface area (Å²) in [4.78, 5) is 39.9. The van der Waals surface area contributed by atoms with E-state index in [0.29, 0.717) is 16.4 Å². The summed E-state index contributed by atoms with van der Waals surface area (Å²) in [6.07, 6.45) is 3.99. The van der Waals surface area contributed by atoms with Crippen molar-refractivity contribution in [1.82, 2.24) is 4.57 Å². The second-order valence-electron chi connectivity index (χ2n) is 7.66. The number of ether oxygens (including phenoxy) is 1. The van der Waals surface area contributed by atoms with E-state index >= 15 is 0 Å². The third-order valence-corrected chi connectivity index (χ3v) is 6.92. The second kappa shape index (κ2) is 9.34. The van der Waals surface area contributed by atoms with Gasteiger partial charge in [-0.15, -0.1) is 11.3 Å². The van der Waals surface area contributed by atoms with Crippen LogP contribution in [0.4, 0.5) is 11.4 Å².